The van der Waals surface area contributed by atoms with Crippen molar-refractivity contribution in [3.63, 3.8) is 0 Å². The quantitative estimate of drug-likeness (QED) is 0.374. The van der Waals surface area contributed by atoms with Gasteiger partial charge in [-0.05, 0) is 25.0 Å². The van der Waals surface area contributed by atoms with Crippen LogP contribution in [0.4, 0.5) is 0 Å². The third-order valence-corrected chi connectivity index (χ3v) is 3.89. The molecule has 0 radical (unpaired) electrons. The molecule has 3 nitrogen and oxygen atoms in total. The van der Waals surface area contributed by atoms with Gasteiger partial charge in [0.1, 0.15) is 0 Å². The maximum absolute atomic E-state index is 11.9. The molecular weight excluding hydrogens is 312 g/mol. The van der Waals surface area contributed by atoms with Gasteiger partial charge in [-0.2, -0.15) is 0 Å². The van der Waals surface area contributed by atoms with E-state index in [0.29, 0.717) is 26.2 Å². The number of rotatable bonds is 9. The third kappa shape index (κ3) is 6.94. The molecule has 132 valence electrons. The van der Waals surface area contributed by atoms with E-state index in [4.69, 9.17) is 9.47 Å². The van der Waals surface area contributed by atoms with Crippen LogP contribution in [0.25, 0.3) is 0 Å². The lowest BCUT2D eigenvalue weighted by atomic mass is 9.94. The summed E-state index contributed by atoms with van der Waals surface area (Å²) in [6.45, 7) is 5.38. The van der Waals surface area contributed by atoms with Crippen molar-refractivity contribution in [3.05, 3.63) is 83.4 Å². The summed E-state index contributed by atoms with van der Waals surface area (Å²) in [5.41, 5.74) is 3.46. The van der Waals surface area contributed by atoms with E-state index < -0.39 is 0 Å². The Labute approximate surface area is 150 Å². The molecule has 1 atom stereocenters. The van der Waals surface area contributed by atoms with E-state index in [1.807, 2.05) is 49.4 Å². The average Bonchev–Trinajstić information content (AvgIpc) is 2.62. The van der Waals surface area contributed by atoms with Crippen molar-refractivity contribution in [1.82, 2.24) is 0 Å². The maximum atomic E-state index is 11.9. The van der Waals surface area contributed by atoms with Crippen LogP contribution in [0, 0.1) is 6.92 Å². The number of esters is 1. The smallest absolute Gasteiger partial charge is 0.306 e. The van der Waals surface area contributed by atoms with Crippen LogP contribution in [0.5, 0.6) is 0 Å². The van der Waals surface area contributed by atoms with Gasteiger partial charge in [-0.15, -0.1) is 0 Å². The van der Waals surface area contributed by atoms with Crippen molar-refractivity contribution >= 4 is 5.97 Å². The van der Waals surface area contributed by atoms with Crippen LogP contribution >= 0.6 is 0 Å². The first-order valence-electron chi connectivity index (χ1n) is 8.69. The lowest BCUT2D eigenvalue weighted by Gasteiger charge is -2.13. The zero-order valence-corrected chi connectivity index (χ0v) is 15.0. The Kier molecular flexibility index (Phi) is 7.93. The normalized spacial score (nSPS) is 12.2. The summed E-state index contributed by atoms with van der Waals surface area (Å²) < 4.78 is 10.8. The molecule has 0 saturated heterocycles. The van der Waals surface area contributed by atoms with Crippen LogP contribution in [-0.2, 0) is 20.9 Å². The maximum Gasteiger partial charge on any atom is 0.306 e. The molecule has 3 heteroatoms. The van der Waals surface area contributed by atoms with Gasteiger partial charge in [-0.25, -0.2) is 0 Å². The number of hydrogen-bond acceptors (Lipinski definition) is 3. The fourth-order valence-corrected chi connectivity index (χ4v) is 2.55. The second kappa shape index (κ2) is 10.5. The van der Waals surface area contributed by atoms with E-state index in [2.05, 4.69) is 31.2 Å². The van der Waals surface area contributed by atoms with Gasteiger partial charge in [-0.3, -0.25) is 4.79 Å². The Morgan fingerprint density at radius 1 is 1.08 bits per heavy atom. The van der Waals surface area contributed by atoms with Crippen molar-refractivity contribution in [3.8, 4) is 0 Å². The highest BCUT2D eigenvalue weighted by atomic mass is 16.5. The third-order valence-electron chi connectivity index (χ3n) is 3.89. The zero-order valence-electron chi connectivity index (χ0n) is 15.0. The molecule has 2 aromatic rings. The Balaban J connectivity index is 1.92. The number of allylic oxidation sites excluding steroid dienone is 1. The molecule has 25 heavy (non-hydrogen) atoms. The topological polar surface area (TPSA) is 35.5 Å². The van der Waals surface area contributed by atoms with Gasteiger partial charge < -0.3 is 9.47 Å². The molecule has 0 unspecified atom stereocenters. The van der Waals surface area contributed by atoms with Crippen molar-refractivity contribution in [1.29, 1.82) is 0 Å². The number of ether oxygens (including phenoxy) is 2. The zero-order chi connectivity index (χ0) is 17.9. The molecule has 0 aliphatic carbocycles. The highest BCUT2D eigenvalue weighted by Crippen LogP contribution is 2.22. The summed E-state index contributed by atoms with van der Waals surface area (Å²) >= 11 is 0. The van der Waals surface area contributed by atoms with Crippen LogP contribution in [0.1, 0.15) is 36.0 Å². The first-order valence-corrected chi connectivity index (χ1v) is 8.69. The summed E-state index contributed by atoms with van der Waals surface area (Å²) in [6, 6.07) is 18.3. The van der Waals surface area contributed by atoms with Crippen molar-refractivity contribution in [2.75, 3.05) is 13.2 Å². The molecule has 2 aromatic carbocycles. The van der Waals surface area contributed by atoms with Crippen molar-refractivity contribution in [2.24, 2.45) is 0 Å². The summed E-state index contributed by atoms with van der Waals surface area (Å²) in [6.07, 6.45) is 4.35. The molecule has 0 aliphatic heterocycles. The lowest BCUT2D eigenvalue weighted by molar-refractivity contribution is -0.143. The van der Waals surface area contributed by atoms with E-state index in [9.17, 15) is 4.79 Å². The molecule has 0 N–H and O–H groups in total. The molecule has 2 rings (SSSR count). The van der Waals surface area contributed by atoms with Gasteiger partial charge in [0.2, 0.25) is 0 Å². The monoisotopic (exact) mass is 338 g/mol. The van der Waals surface area contributed by atoms with Gasteiger partial charge in [0.15, 0.2) is 0 Å². The molecule has 0 amide bonds. The van der Waals surface area contributed by atoms with Gasteiger partial charge >= 0.3 is 5.97 Å². The van der Waals surface area contributed by atoms with Crippen LogP contribution in [0.15, 0.2) is 66.7 Å². The standard InChI is InChI=1S/C22H26O3/c1-3-25-22(23)16-21(20-13-11-18(2)12-14-20)10-7-15-24-17-19-8-5-4-6-9-19/h4-14,21H,3,15-17H2,1-2H3/b10-7+/t21-/m1/s1. The summed E-state index contributed by atoms with van der Waals surface area (Å²) in [5.74, 6) is -0.178. The molecule has 0 spiro atoms. The number of hydrogen-bond donors (Lipinski definition) is 0. The van der Waals surface area contributed by atoms with Gasteiger partial charge in [0, 0.05) is 5.92 Å². The van der Waals surface area contributed by atoms with Crippen LogP contribution in [-0.4, -0.2) is 19.2 Å². The molecule has 0 heterocycles. The first-order chi connectivity index (χ1) is 12.2. The fourth-order valence-electron chi connectivity index (χ4n) is 2.55. The predicted octanol–water partition coefficient (Wildman–Crippen LogP) is 4.80. The van der Waals surface area contributed by atoms with E-state index in [1.165, 1.54) is 5.56 Å². The number of carbonyl (C=O) groups excluding carboxylic acids is 1. The minimum absolute atomic E-state index is 0.0000229. The number of benzene rings is 2. The second-order valence-electron chi connectivity index (χ2n) is 5.96. The Hall–Kier alpha value is -2.39. The van der Waals surface area contributed by atoms with Gasteiger partial charge in [-0.1, -0.05) is 72.3 Å². The molecular formula is C22H26O3. The molecule has 0 saturated carbocycles. The first kappa shape index (κ1) is 18.9. The lowest BCUT2D eigenvalue weighted by Crippen LogP contribution is -2.09. The number of aryl methyl sites for hydroxylation is 1. The molecule has 0 bridgehead atoms. The van der Waals surface area contributed by atoms with Gasteiger partial charge in [0.25, 0.3) is 0 Å². The highest BCUT2D eigenvalue weighted by molar-refractivity contribution is 5.71. The number of carbonyl (C=O) groups is 1. The largest absolute Gasteiger partial charge is 0.466 e. The highest BCUT2D eigenvalue weighted by Gasteiger charge is 2.14. The SMILES string of the molecule is CCOC(=O)C[C@@H](/C=C/COCc1ccccc1)c1ccc(C)cc1. The minimum atomic E-state index is -0.178. The van der Waals surface area contributed by atoms with E-state index in [0.717, 1.165) is 11.1 Å². The van der Waals surface area contributed by atoms with Crippen LogP contribution in [0.2, 0.25) is 0 Å². The van der Waals surface area contributed by atoms with Gasteiger partial charge in [0.05, 0.1) is 26.2 Å². The summed E-state index contributed by atoms with van der Waals surface area (Å²) in [4.78, 5) is 11.9. The average molecular weight is 338 g/mol. The van der Waals surface area contributed by atoms with Crippen molar-refractivity contribution in [2.45, 2.75) is 32.8 Å². The summed E-state index contributed by atoms with van der Waals surface area (Å²) in [7, 11) is 0. The Bertz CT molecular complexity index is 659. The van der Waals surface area contributed by atoms with Crippen molar-refractivity contribution < 1.29 is 14.3 Å². The summed E-state index contributed by atoms with van der Waals surface area (Å²) in [5, 5.41) is 0. The van der Waals surface area contributed by atoms with Crippen LogP contribution < -0.4 is 0 Å². The fraction of sp³-hybridized carbons (Fsp3) is 0.318. The second-order valence-corrected chi connectivity index (χ2v) is 5.96. The Morgan fingerprint density at radius 3 is 2.48 bits per heavy atom. The molecule has 0 aliphatic rings. The predicted molar refractivity (Wildman–Crippen MR) is 100 cm³/mol. The minimum Gasteiger partial charge on any atom is -0.466 e. The van der Waals surface area contributed by atoms with Crippen LogP contribution in [0.3, 0.4) is 0 Å². The van der Waals surface area contributed by atoms with E-state index >= 15 is 0 Å². The molecule has 0 fully saturated rings. The Morgan fingerprint density at radius 2 is 1.80 bits per heavy atom. The van der Waals surface area contributed by atoms with E-state index in [1.54, 1.807) is 0 Å². The van der Waals surface area contributed by atoms with E-state index in [-0.39, 0.29) is 11.9 Å². The molecule has 0 aromatic heterocycles.